The lowest BCUT2D eigenvalue weighted by molar-refractivity contribution is -0.114. The molecule has 11 nitrogen and oxygen atoms in total. The molecule has 0 aliphatic carbocycles. The number of aromatic nitrogens is 2. The van der Waals surface area contributed by atoms with Crippen LogP contribution in [0.25, 0.3) is 0 Å². The van der Waals surface area contributed by atoms with Crippen molar-refractivity contribution in [2.75, 3.05) is 72.9 Å². The van der Waals surface area contributed by atoms with Crippen molar-refractivity contribution in [1.29, 1.82) is 0 Å². The summed E-state index contributed by atoms with van der Waals surface area (Å²) in [5.74, 6) is 0.715. The summed E-state index contributed by atoms with van der Waals surface area (Å²) in [5, 5.41) is 13.2. The zero-order valence-corrected chi connectivity index (χ0v) is 24.7. The van der Waals surface area contributed by atoms with E-state index in [9.17, 15) is 14.7 Å². The fourth-order valence-corrected chi connectivity index (χ4v) is 6.29. The number of nitrogens with zero attached hydrogens (tertiary/aromatic N) is 7. The number of para-hydroxylation sites is 1. The van der Waals surface area contributed by atoms with E-state index in [1.807, 2.05) is 37.3 Å². The number of carbonyl (C=O) groups is 2. The van der Waals surface area contributed by atoms with Crippen molar-refractivity contribution < 1.29 is 14.7 Å². The lowest BCUT2D eigenvalue weighted by atomic mass is 9.91. The summed E-state index contributed by atoms with van der Waals surface area (Å²) in [6, 6.07) is 13.6. The molecule has 2 N–H and O–H groups in total. The van der Waals surface area contributed by atoms with Crippen molar-refractivity contribution >= 4 is 40.8 Å². The average Bonchev–Trinajstić information content (AvgIpc) is 3.02. The average molecular weight is 583 g/mol. The smallest absolute Gasteiger partial charge is 0.326 e. The summed E-state index contributed by atoms with van der Waals surface area (Å²) in [5.41, 5.74) is 5.53. The molecule has 1 saturated heterocycles. The number of aryl methyl sites for hydroxylation is 1. The molecule has 2 aromatic carbocycles. The number of benzene rings is 2. The molecular formula is C32H38N8O3. The number of β-amino-alcohol motifs (C(OH)–C–C–N with tert-alkyl or cyclic N) is 1. The SMILES string of the molecule is C=CC(=O)N1CC[C@H](N2Cc3cnc(Nc4ccc(N5CCN(C)CC5)cc4)nc3N(CCO)C2=O)c2cccc(C)c21. The zero-order chi connectivity index (χ0) is 30.1. The predicted octanol–water partition coefficient (Wildman–Crippen LogP) is 3.68. The first kappa shape index (κ1) is 28.6. The lowest BCUT2D eigenvalue weighted by Crippen LogP contribution is -2.51. The summed E-state index contributed by atoms with van der Waals surface area (Å²) in [6.45, 7) is 10.4. The first-order chi connectivity index (χ1) is 20.9. The first-order valence-electron chi connectivity index (χ1n) is 14.8. The Bertz CT molecular complexity index is 1520. The maximum absolute atomic E-state index is 14.0. The van der Waals surface area contributed by atoms with Gasteiger partial charge in [-0.2, -0.15) is 4.98 Å². The van der Waals surface area contributed by atoms with Gasteiger partial charge in [-0.05, 0) is 61.9 Å². The second kappa shape index (κ2) is 12.0. The minimum Gasteiger partial charge on any atom is -0.395 e. The summed E-state index contributed by atoms with van der Waals surface area (Å²) < 4.78 is 0. The van der Waals surface area contributed by atoms with Crippen LogP contribution in [0.4, 0.5) is 33.6 Å². The van der Waals surface area contributed by atoms with Gasteiger partial charge in [-0.3, -0.25) is 9.69 Å². The zero-order valence-electron chi connectivity index (χ0n) is 24.7. The molecule has 6 rings (SSSR count). The first-order valence-corrected chi connectivity index (χ1v) is 14.8. The molecule has 1 atom stereocenters. The number of likely N-dealkylation sites (N-methyl/N-ethyl adjacent to an activating group) is 1. The lowest BCUT2D eigenvalue weighted by Gasteiger charge is -2.44. The van der Waals surface area contributed by atoms with Crippen molar-refractivity contribution in [1.82, 2.24) is 19.8 Å². The highest BCUT2D eigenvalue weighted by molar-refractivity contribution is 6.03. The van der Waals surface area contributed by atoms with Gasteiger partial charge >= 0.3 is 6.03 Å². The molecule has 0 bridgehead atoms. The number of fused-ring (bicyclic) bond motifs is 2. The van der Waals surface area contributed by atoms with Gasteiger partial charge in [-0.15, -0.1) is 0 Å². The van der Waals surface area contributed by atoms with Crippen LogP contribution < -0.4 is 20.0 Å². The minimum absolute atomic E-state index is 0.104. The number of aliphatic hydroxyl groups excluding tert-OH is 1. The minimum atomic E-state index is -0.248. The number of hydrogen-bond acceptors (Lipinski definition) is 8. The molecule has 43 heavy (non-hydrogen) atoms. The molecule has 1 aromatic heterocycles. The topological polar surface area (TPSA) is 108 Å². The van der Waals surface area contributed by atoms with Crippen LogP contribution in [0.1, 0.15) is 29.2 Å². The monoisotopic (exact) mass is 582 g/mol. The van der Waals surface area contributed by atoms with Crippen LogP contribution in [0.2, 0.25) is 0 Å². The number of rotatable bonds is 7. The number of hydrogen-bond donors (Lipinski definition) is 2. The van der Waals surface area contributed by atoms with Gasteiger partial charge in [-0.25, -0.2) is 9.78 Å². The van der Waals surface area contributed by atoms with Crippen LogP contribution in [0.15, 0.2) is 61.3 Å². The highest BCUT2D eigenvalue weighted by Crippen LogP contribution is 2.42. The number of anilines is 5. The van der Waals surface area contributed by atoms with E-state index >= 15 is 0 Å². The van der Waals surface area contributed by atoms with Crippen LogP contribution >= 0.6 is 0 Å². The second-order valence-corrected chi connectivity index (χ2v) is 11.3. The normalized spacial score (nSPS) is 18.8. The number of piperazine rings is 1. The van der Waals surface area contributed by atoms with E-state index in [-0.39, 0.29) is 31.1 Å². The molecular weight excluding hydrogens is 544 g/mol. The summed E-state index contributed by atoms with van der Waals surface area (Å²) in [7, 11) is 2.15. The van der Waals surface area contributed by atoms with Gasteiger partial charge in [0.15, 0.2) is 0 Å². The number of aliphatic hydroxyl groups is 1. The van der Waals surface area contributed by atoms with Gasteiger partial charge in [0.1, 0.15) is 5.82 Å². The van der Waals surface area contributed by atoms with Crippen molar-refractivity contribution in [2.24, 2.45) is 0 Å². The van der Waals surface area contributed by atoms with Gasteiger partial charge in [0, 0.05) is 55.9 Å². The molecule has 3 aliphatic heterocycles. The fraction of sp³-hybridized carbons (Fsp3) is 0.375. The Morgan fingerprint density at radius 1 is 1.12 bits per heavy atom. The maximum Gasteiger partial charge on any atom is 0.326 e. The van der Waals surface area contributed by atoms with Crippen LogP contribution in [0.5, 0.6) is 0 Å². The number of carbonyl (C=O) groups excluding carboxylic acids is 2. The molecule has 0 radical (unpaired) electrons. The molecule has 3 aliphatic rings. The molecule has 0 unspecified atom stereocenters. The highest BCUT2D eigenvalue weighted by atomic mass is 16.3. The predicted molar refractivity (Wildman–Crippen MR) is 168 cm³/mol. The van der Waals surface area contributed by atoms with Gasteiger partial charge < -0.3 is 30.0 Å². The highest BCUT2D eigenvalue weighted by Gasteiger charge is 2.40. The third-order valence-electron chi connectivity index (χ3n) is 8.57. The van der Waals surface area contributed by atoms with Gasteiger partial charge in [-0.1, -0.05) is 24.8 Å². The summed E-state index contributed by atoms with van der Waals surface area (Å²) >= 11 is 0. The third-order valence-corrected chi connectivity index (χ3v) is 8.57. The van der Waals surface area contributed by atoms with E-state index in [1.54, 1.807) is 16.0 Å². The van der Waals surface area contributed by atoms with E-state index < -0.39 is 0 Å². The van der Waals surface area contributed by atoms with Crippen LogP contribution in [-0.2, 0) is 11.3 Å². The molecule has 3 amide bonds. The van der Waals surface area contributed by atoms with Crippen LogP contribution in [-0.4, -0.2) is 89.7 Å². The van der Waals surface area contributed by atoms with Gasteiger partial charge in [0.2, 0.25) is 11.9 Å². The van der Waals surface area contributed by atoms with Gasteiger partial charge in [0.25, 0.3) is 0 Å². The van der Waals surface area contributed by atoms with Gasteiger partial charge in [0.05, 0.1) is 31.4 Å². The van der Waals surface area contributed by atoms with E-state index in [1.165, 1.54) is 16.7 Å². The Morgan fingerprint density at radius 3 is 2.60 bits per heavy atom. The Balaban J connectivity index is 1.24. The summed E-state index contributed by atoms with van der Waals surface area (Å²) in [6.07, 6.45) is 3.65. The Hall–Kier alpha value is -4.48. The molecule has 224 valence electrons. The number of amides is 3. The quantitative estimate of drug-likeness (QED) is 0.407. The maximum atomic E-state index is 14.0. The fourth-order valence-electron chi connectivity index (χ4n) is 6.29. The van der Waals surface area contributed by atoms with E-state index in [2.05, 4.69) is 45.9 Å². The van der Waals surface area contributed by atoms with Crippen molar-refractivity contribution in [3.63, 3.8) is 0 Å². The Morgan fingerprint density at radius 2 is 1.88 bits per heavy atom. The van der Waals surface area contributed by atoms with Crippen molar-refractivity contribution in [3.8, 4) is 0 Å². The van der Waals surface area contributed by atoms with E-state index in [0.29, 0.717) is 31.3 Å². The van der Waals surface area contributed by atoms with Crippen molar-refractivity contribution in [3.05, 3.63) is 78.0 Å². The Kier molecular flexibility index (Phi) is 8.00. The standard InChI is InChI=1S/C32H38N8O3/c1-4-28(42)38-13-12-27(26-7-5-6-22(2)29(26)38)40-21-23-20-33-31(35-30(23)39(18-19-41)32(40)43)34-24-8-10-25(11-9-24)37-16-14-36(3)15-17-37/h4-11,20,27,41H,1,12-19,21H2,2-3H3,(H,33,34,35)/t27-/m0/s1. The molecule has 0 saturated carbocycles. The largest absolute Gasteiger partial charge is 0.395 e. The molecule has 0 spiro atoms. The number of nitrogens with one attached hydrogen (secondary N) is 1. The molecule has 1 fully saturated rings. The van der Waals surface area contributed by atoms with Crippen LogP contribution in [0, 0.1) is 6.92 Å². The van der Waals surface area contributed by atoms with Crippen molar-refractivity contribution in [2.45, 2.75) is 25.9 Å². The molecule has 4 heterocycles. The third kappa shape index (κ3) is 5.53. The Labute approximate surface area is 252 Å². The molecule has 11 heteroatoms. The van der Waals surface area contributed by atoms with E-state index in [4.69, 9.17) is 4.98 Å². The van der Waals surface area contributed by atoms with Crippen LogP contribution in [0.3, 0.4) is 0 Å². The second-order valence-electron chi connectivity index (χ2n) is 11.3. The van der Waals surface area contributed by atoms with E-state index in [0.717, 1.165) is 54.2 Å². The number of urea groups is 1. The summed E-state index contributed by atoms with van der Waals surface area (Å²) in [4.78, 5) is 45.7. The molecule has 3 aromatic rings.